The third-order valence-corrected chi connectivity index (χ3v) is 4.08. The molecule has 156 valence electrons. The molecule has 0 fully saturated rings. The molecule has 2 aromatic rings. The Kier molecular flexibility index (Phi) is 8.82. The highest BCUT2D eigenvalue weighted by Gasteiger charge is 2.12. The molecule has 0 atom stereocenters. The van der Waals surface area contributed by atoms with Crippen LogP contribution in [0.15, 0.2) is 42.5 Å². The van der Waals surface area contributed by atoms with Crippen LogP contribution in [0, 0.1) is 0 Å². The molecule has 0 heterocycles. The van der Waals surface area contributed by atoms with E-state index < -0.39 is 5.91 Å². The molecule has 2 amide bonds. The number of aryl methyl sites for hydroxylation is 1. The van der Waals surface area contributed by atoms with Gasteiger partial charge < -0.3 is 14.2 Å². The lowest BCUT2D eigenvalue weighted by atomic mass is 10.1. The summed E-state index contributed by atoms with van der Waals surface area (Å²) in [5.41, 5.74) is 6.23. The minimum atomic E-state index is -0.431. The molecule has 2 aromatic carbocycles. The third kappa shape index (κ3) is 7.03. The smallest absolute Gasteiger partial charge is 0.269 e. The van der Waals surface area contributed by atoms with Gasteiger partial charge in [0, 0.05) is 12.0 Å². The van der Waals surface area contributed by atoms with Gasteiger partial charge in [0.2, 0.25) is 5.91 Å². The number of carbonyl (C=O) groups is 2. The third-order valence-electron chi connectivity index (χ3n) is 4.08. The first-order valence-corrected chi connectivity index (χ1v) is 9.69. The normalized spacial score (nSPS) is 10.2. The van der Waals surface area contributed by atoms with Gasteiger partial charge in [-0.15, -0.1) is 0 Å². The minimum absolute atomic E-state index is 0.251. The lowest BCUT2D eigenvalue weighted by Crippen LogP contribution is -2.41. The summed E-state index contributed by atoms with van der Waals surface area (Å²) < 4.78 is 16.2. The monoisotopic (exact) mass is 400 g/mol. The number of methoxy groups -OCH3 is 1. The molecule has 0 aliphatic rings. The van der Waals surface area contributed by atoms with Crippen molar-refractivity contribution >= 4 is 11.8 Å². The minimum Gasteiger partial charge on any atom is -0.494 e. The lowest BCUT2D eigenvalue weighted by molar-refractivity contribution is -0.121. The Morgan fingerprint density at radius 2 is 1.69 bits per heavy atom. The second-order valence-electron chi connectivity index (χ2n) is 6.29. The summed E-state index contributed by atoms with van der Waals surface area (Å²) in [6.45, 7) is 5.11. The molecule has 0 unspecified atom stereocenters. The number of carbonyl (C=O) groups excluding carboxylic acids is 2. The van der Waals surface area contributed by atoms with Gasteiger partial charge >= 0.3 is 0 Å². The Morgan fingerprint density at radius 3 is 2.34 bits per heavy atom. The van der Waals surface area contributed by atoms with Gasteiger partial charge in [-0.1, -0.05) is 19.1 Å². The van der Waals surface area contributed by atoms with Crippen molar-refractivity contribution in [3.63, 3.8) is 0 Å². The molecule has 0 saturated carbocycles. The number of rotatable bonds is 10. The number of hydrogen-bond donors (Lipinski definition) is 2. The second kappa shape index (κ2) is 11.6. The lowest BCUT2D eigenvalue weighted by Gasteiger charge is -2.12. The molecule has 7 nitrogen and oxygen atoms in total. The first kappa shape index (κ1) is 22.1. The maximum absolute atomic E-state index is 12.3. The molecule has 0 saturated heterocycles. The summed E-state index contributed by atoms with van der Waals surface area (Å²) >= 11 is 0. The average Bonchev–Trinajstić information content (AvgIpc) is 2.75. The highest BCUT2D eigenvalue weighted by molar-refractivity contribution is 5.96. The van der Waals surface area contributed by atoms with Gasteiger partial charge in [0.05, 0.1) is 20.3 Å². The van der Waals surface area contributed by atoms with E-state index in [1.807, 2.05) is 38.1 Å². The first-order chi connectivity index (χ1) is 14.1. The van der Waals surface area contributed by atoms with Crippen LogP contribution in [0.1, 0.15) is 42.6 Å². The van der Waals surface area contributed by atoms with E-state index in [0.29, 0.717) is 36.7 Å². The Morgan fingerprint density at radius 1 is 0.931 bits per heavy atom. The largest absolute Gasteiger partial charge is 0.494 e. The van der Waals surface area contributed by atoms with Crippen molar-refractivity contribution in [3.8, 4) is 17.2 Å². The van der Waals surface area contributed by atoms with E-state index in [1.165, 1.54) is 7.11 Å². The Labute approximate surface area is 171 Å². The Bertz CT molecular complexity index is 805. The van der Waals surface area contributed by atoms with Crippen LogP contribution in [0.4, 0.5) is 0 Å². The Hall–Kier alpha value is -3.22. The number of benzene rings is 2. The average molecular weight is 400 g/mol. The summed E-state index contributed by atoms with van der Waals surface area (Å²) in [4.78, 5) is 24.3. The zero-order chi connectivity index (χ0) is 21.1. The molecule has 0 aliphatic carbocycles. The molecule has 0 bridgehead atoms. The van der Waals surface area contributed by atoms with Crippen LogP contribution in [-0.4, -0.2) is 32.1 Å². The van der Waals surface area contributed by atoms with Crippen LogP contribution in [0.5, 0.6) is 17.2 Å². The number of nitrogens with one attached hydrogen (secondary N) is 2. The van der Waals surface area contributed by atoms with Crippen LogP contribution < -0.4 is 25.1 Å². The van der Waals surface area contributed by atoms with E-state index in [0.717, 1.165) is 17.7 Å². The van der Waals surface area contributed by atoms with Gasteiger partial charge in [-0.3, -0.25) is 20.4 Å². The Balaban J connectivity index is 1.82. The first-order valence-electron chi connectivity index (χ1n) is 9.69. The van der Waals surface area contributed by atoms with Gasteiger partial charge in [0.25, 0.3) is 5.91 Å². The summed E-state index contributed by atoms with van der Waals surface area (Å²) in [6.07, 6.45) is 1.68. The summed E-state index contributed by atoms with van der Waals surface area (Å²) in [5, 5.41) is 0. The number of amides is 2. The van der Waals surface area contributed by atoms with Crippen molar-refractivity contribution < 1.29 is 23.8 Å². The van der Waals surface area contributed by atoms with Crippen LogP contribution in [-0.2, 0) is 11.2 Å². The fraction of sp³-hybridized carbons (Fsp3) is 0.364. The topological polar surface area (TPSA) is 85.9 Å². The molecular weight excluding hydrogens is 372 g/mol. The SMILES string of the molecule is CCCOc1ccc(C(=O)NNC(=O)CCc2ccc(OCC)cc2)cc1OC. The van der Waals surface area contributed by atoms with E-state index >= 15 is 0 Å². The van der Waals surface area contributed by atoms with E-state index in [2.05, 4.69) is 10.9 Å². The quantitative estimate of drug-likeness (QED) is 0.598. The zero-order valence-corrected chi connectivity index (χ0v) is 17.1. The highest BCUT2D eigenvalue weighted by atomic mass is 16.5. The summed E-state index contributed by atoms with van der Waals surface area (Å²) in [6, 6.07) is 12.5. The van der Waals surface area contributed by atoms with Crippen molar-refractivity contribution in [1.29, 1.82) is 0 Å². The van der Waals surface area contributed by atoms with E-state index in [4.69, 9.17) is 14.2 Å². The number of ether oxygens (including phenoxy) is 3. The summed E-state index contributed by atoms with van der Waals surface area (Å²) in [5.74, 6) is 1.13. The van der Waals surface area contributed by atoms with E-state index in [1.54, 1.807) is 18.2 Å². The fourth-order valence-electron chi connectivity index (χ4n) is 2.58. The summed E-state index contributed by atoms with van der Waals surface area (Å²) in [7, 11) is 1.51. The molecule has 0 aromatic heterocycles. The molecule has 7 heteroatoms. The van der Waals surface area contributed by atoms with Crippen molar-refractivity contribution in [1.82, 2.24) is 10.9 Å². The van der Waals surface area contributed by atoms with Gasteiger partial charge in [-0.25, -0.2) is 0 Å². The van der Waals surface area contributed by atoms with Gasteiger partial charge in [0.1, 0.15) is 5.75 Å². The molecule has 0 radical (unpaired) electrons. The zero-order valence-electron chi connectivity index (χ0n) is 17.1. The molecule has 2 N–H and O–H groups in total. The van der Waals surface area contributed by atoms with Gasteiger partial charge in [-0.05, 0) is 55.7 Å². The standard InChI is InChI=1S/C22H28N2O5/c1-4-14-29-19-12-9-17(15-20(19)27-3)22(26)24-23-21(25)13-8-16-6-10-18(11-7-16)28-5-2/h6-7,9-12,15H,4-5,8,13-14H2,1-3H3,(H,23,25)(H,24,26). The van der Waals surface area contributed by atoms with Crippen LogP contribution in [0.2, 0.25) is 0 Å². The van der Waals surface area contributed by atoms with Crippen LogP contribution >= 0.6 is 0 Å². The molecular formula is C22H28N2O5. The molecule has 0 spiro atoms. The molecule has 2 rings (SSSR count). The van der Waals surface area contributed by atoms with Crippen molar-refractivity contribution in [2.45, 2.75) is 33.1 Å². The maximum atomic E-state index is 12.3. The van der Waals surface area contributed by atoms with Gasteiger partial charge in [-0.2, -0.15) is 0 Å². The maximum Gasteiger partial charge on any atom is 0.269 e. The second-order valence-corrected chi connectivity index (χ2v) is 6.29. The highest BCUT2D eigenvalue weighted by Crippen LogP contribution is 2.28. The molecule has 29 heavy (non-hydrogen) atoms. The van der Waals surface area contributed by atoms with Crippen molar-refractivity contribution in [2.24, 2.45) is 0 Å². The fourth-order valence-corrected chi connectivity index (χ4v) is 2.58. The number of hydrogen-bond acceptors (Lipinski definition) is 5. The van der Waals surface area contributed by atoms with Gasteiger partial charge in [0.15, 0.2) is 11.5 Å². The molecule has 0 aliphatic heterocycles. The predicted molar refractivity (Wildman–Crippen MR) is 110 cm³/mol. The van der Waals surface area contributed by atoms with Crippen molar-refractivity contribution in [3.05, 3.63) is 53.6 Å². The van der Waals surface area contributed by atoms with E-state index in [-0.39, 0.29) is 12.3 Å². The van der Waals surface area contributed by atoms with Crippen LogP contribution in [0.3, 0.4) is 0 Å². The van der Waals surface area contributed by atoms with E-state index in [9.17, 15) is 9.59 Å². The predicted octanol–water partition coefficient (Wildman–Crippen LogP) is 3.28. The van der Waals surface area contributed by atoms with Crippen LogP contribution in [0.25, 0.3) is 0 Å². The van der Waals surface area contributed by atoms with Crippen molar-refractivity contribution in [2.75, 3.05) is 20.3 Å². The number of hydrazine groups is 1.